The first kappa shape index (κ1) is 10.1. The van der Waals surface area contributed by atoms with Crippen molar-refractivity contribution in [3.63, 3.8) is 0 Å². The normalized spacial score (nSPS) is 12.5. The zero-order valence-electron chi connectivity index (χ0n) is 6.30. The molecule has 2 nitrogen and oxygen atoms in total. The molecule has 1 atom stereocenters. The number of rotatable bonds is 2. The Kier molecular flexibility index (Phi) is 2.98. The van der Waals surface area contributed by atoms with Gasteiger partial charge < -0.3 is 5.11 Å². The molecule has 0 saturated heterocycles. The Bertz CT molecular complexity index is 341. The van der Waals surface area contributed by atoms with Crippen molar-refractivity contribution < 1.29 is 18.7 Å². The fourth-order valence-corrected chi connectivity index (χ4v) is 1.19. The molecule has 1 rings (SSSR count). The maximum atomic E-state index is 12.9. The van der Waals surface area contributed by atoms with Crippen LogP contribution in [0.5, 0.6) is 0 Å². The Labute approximate surface area is 81.3 Å². The van der Waals surface area contributed by atoms with Gasteiger partial charge in [0.05, 0.1) is 0 Å². The Hall–Kier alpha value is -0.970. The SMILES string of the molecule is O=C(O)C(Br)c1cc(F)ccc1F. The molecule has 0 amide bonds. The van der Waals surface area contributed by atoms with Crippen LogP contribution in [0.25, 0.3) is 0 Å². The van der Waals surface area contributed by atoms with Crippen molar-refractivity contribution >= 4 is 21.9 Å². The molecule has 0 aromatic heterocycles. The van der Waals surface area contributed by atoms with Gasteiger partial charge in [0.1, 0.15) is 16.5 Å². The van der Waals surface area contributed by atoms with Gasteiger partial charge in [0.15, 0.2) is 0 Å². The lowest BCUT2D eigenvalue weighted by atomic mass is 10.1. The van der Waals surface area contributed by atoms with Crippen LogP contribution in [0.4, 0.5) is 8.78 Å². The molecule has 70 valence electrons. The monoisotopic (exact) mass is 250 g/mol. The second kappa shape index (κ2) is 3.83. The number of carbonyl (C=O) groups is 1. The predicted molar refractivity (Wildman–Crippen MR) is 45.7 cm³/mol. The third-order valence-electron chi connectivity index (χ3n) is 1.45. The summed E-state index contributed by atoms with van der Waals surface area (Å²) in [4.78, 5) is 9.21. The third-order valence-corrected chi connectivity index (χ3v) is 2.33. The number of hydrogen-bond donors (Lipinski definition) is 1. The fourth-order valence-electron chi connectivity index (χ4n) is 0.842. The van der Waals surface area contributed by atoms with Crippen LogP contribution in [0.15, 0.2) is 18.2 Å². The van der Waals surface area contributed by atoms with Gasteiger partial charge in [0.2, 0.25) is 0 Å². The number of halogens is 3. The highest BCUT2D eigenvalue weighted by Gasteiger charge is 2.19. The summed E-state index contributed by atoms with van der Waals surface area (Å²) in [6.07, 6.45) is 0. The number of benzene rings is 1. The van der Waals surface area contributed by atoms with Crippen LogP contribution in [-0.4, -0.2) is 11.1 Å². The average Bonchev–Trinajstić information content (AvgIpc) is 2.08. The largest absolute Gasteiger partial charge is 0.480 e. The summed E-state index contributed by atoms with van der Waals surface area (Å²) in [7, 11) is 0. The quantitative estimate of drug-likeness (QED) is 0.820. The Morgan fingerprint density at radius 3 is 2.62 bits per heavy atom. The van der Waals surface area contributed by atoms with E-state index in [1.807, 2.05) is 0 Å². The Morgan fingerprint density at radius 1 is 1.46 bits per heavy atom. The van der Waals surface area contributed by atoms with Crippen LogP contribution in [0.3, 0.4) is 0 Å². The van der Waals surface area contributed by atoms with E-state index in [1.165, 1.54) is 0 Å². The Balaban J connectivity index is 3.12. The molecule has 1 aromatic rings. The molecule has 1 N–H and O–H groups in total. The lowest BCUT2D eigenvalue weighted by molar-refractivity contribution is -0.136. The van der Waals surface area contributed by atoms with E-state index in [1.54, 1.807) is 0 Å². The van der Waals surface area contributed by atoms with E-state index in [2.05, 4.69) is 15.9 Å². The predicted octanol–water partition coefficient (Wildman–Crippen LogP) is 2.49. The Morgan fingerprint density at radius 2 is 2.08 bits per heavy atom. The first-order valence-electron chi connectivity index (χ1n) is 3.34. The molecule has 0 aliphatic heterocycles. The number of aliphatic carboxylic acids is 1. The fraction of sp³-hybridized carbons (Fsp3) is 0.125. The smallest absolute Gasteiger partial charge is 0.321 e. The molecule has 5 heteroatoms. The molecule has 1 aromatic carbocycles. The van der Waals surface area contributed by atoms with Crippen LogP contribution in [-0.2, 0) is 4.79 Å². The minimum absolute atomic E-state index is 0.215. The molecule has 0 heterocycles. The van der Waals surface area contributed by atoms with E-state index in [4.69, 9.17) is 5.11 Å². The third kappa shape index (κ3) is 2.24. The van der Waals surface area contributed by atoms with Gasteiger partial charge in [-0.1, -0.05) is 15.9 Å². The summed E-state index contributed by atoms with van der Waals surface area (Å²) in [5, 5.41) is 8.51. The summed E-state index contributed by atoms with van der Waals surface area (Å²) < 4.78 is 25.5. The highest BCUT2D eigenvalue weighted by atomic mass is 79.9. The summed E-state index contributed by atoms with van der Waals surface area (Å²) in [6.45, 7) is 0. The van der Waals surface area contributed by atoms with Gasteiger partial charge >= 0.3 is 5.97 Å². The van der Waals surface area contributed by atoms with Crippen molar-refractivity contribution in [2.24, 2.45) is 0 Å². The summed E-state index contributed by atoms with van der Waals surface area (Å²) in [5.41, 5.74) is -0.215. The molecule has 13 heavy (non-hydrogen) atoms. The van der Waals surface area contributed by atoms with Gasteiger partial charge in [-0.05, 0) is 18.2 Å². The van der Waals surface area contributed by atoms with Crippen LogP contribution in [0, 0.1) is 11.6 Å². The van der Waals surface area contributed by atoms with Crippen molar-refractivity contribution in [2.45, 2.75) is 4.83 Å². The van der Waals surface area contributed by atoms with Crippen molar-refractivity contribution in [1.29, 1.82) is 0 Å². The lowest BCUT2D eigenvalue weighted by Crippen LogP contribution is -2.06. The zero-order chi connectivity index (χ0) is 10.0. The van der Waals surface area contributed by atoms with E-state index in [-0.39, 0.29) is 5.56 Å². The van der Waals surface area contributed by atoms with Gasteiger partial charge in [-0.25, -0.2) is 8.78 Å². The first-order valence-corrected chi connectivity index (χ1v) is 4.25. The maximum absolute atomic E-state index is 12.9. The van der Waals surface area contributed by atoms with E-state index in [0.29, 0.717) is 0 Å². The zero-order valence-corrected chi connectivity index (χ0v) is 7.88. The van der Waals surface area contributed by atoms with Gasteiger partial charge in [0, 0.05) is 5.56 Å². The van der Waals surface area contributed by atoms with E-state index < -0.39 is 22.4 Å². The first-order chi connectivity index (χ1) is 6.02. The summed E-state index contributed by atoms with van der Waals surface area (Å²) in [5.74, 6) is -2.67. The topological polar surface area (TPSA) is 37.3 Å². The second-order valence-corrected chi connectivity index (χ2v) is 3.28. The molecule has 0 radical (unpaired) electrons. The van der Waals surface area contributed by atoms with Crippen molar-refractivity contribution in [3.8, 4) is 0 Å². The van der Waals surface area contributed by atoms with E-state index in [9.17, 15) is 13.6 Å². The molecule has 0 bridgehead atoms. The number of hydrogen-bond acceptors (Lipinski definition) is 1. The van der Waals surface area contributed by atoms with Crippen LogP contribution >= 0.6 is 15.9 Å². The van der Waals surface area contributed by atoms with Crippen molar-refractivity contribution in [1.82, 2.24) is 0 Å². The van der Waals surface area contributed by atoms with Gasteiger partial charge in [-0.15, -0.1) is 0 Å². The molecular weight excluding hydrogens is 246 g/mol. The number of alkyl halides is 1. The van der Waals surface area contributed by atoms with E-state index >= 15 is 0 Å². The molecule has 0 aliphatic carbocycles. The molecule has 0 spiro atoms. The number of carboxylic acids is 1. The van der Waals surface area contributed by atoms with Crippen molar-refractivity contribution in [2.75, 3.05) is 0 Å². The second-order valence-electron chi connectivity index (χ2n) is 2.37. The minimum atomic E-state index is -1.26. The summed E-state index contributed by atoms with van der Waals surface area (Å²) in [6, 6.07) is 2.67. The van der Waals surface area contributed by atoms with Crippen molar-refractivity contribution in [3.05, 3.63) is 35.4 Å². The average molecular weight is 251 g/mol. The maximum Gasteiger partial charge on any atom is 0.321 e. The lowest BCUT2D eigenvalue weighted by Gasteiger charge is -2.05. The van der Waals surface area contributed by atoms with Gasteiger partial charge in [-0.3, -0.25) is 4.79 Å². The molecule has 0 aliphatic rings. The van der Waals surface area contributed by atoms with E-state index in [0.717, 1.165) is 18.2 Å². The summed E-state index contributed by atoms with van der Waals surface area (Å²) >= 11 is 2.73. The van der Waals surface area contributed by atoms with Gasteiger partial charge in [-0.2, -0.15) is 0 Å². The van der Waals surface area contributed by atoms with Crippen LogP contribution in [0.1, 0.15) is 10.4 Å². The molecule has 0 saturated carbocycles. The van der Waals surface area contributed by atoms with Crippen LogP contribution in [0.2, 0.25) is 0 Å². The van der Waals surface area contributed by atoms with Gasteiger partial charge in [0.25, 0.3) is 0 Å². The molecular formula is C8H5BrF2O2. The molecule has 0 fully saturated rings. The standard InChI is InChI=1S/C8H5BrF2O2/c9-7(8(12)13)5-3-4(10)1-2-6(5)11/h1-3,7H,(H,12,13). The number of carboxylic acid groups (broad SMARTS) is 1. The molecule has 1 unspecified atom stereocenters. The highest BCUT2D eigenvalue weighted by Crippen LogP contribution is 2.25. The minimum Gasteiger partial charge on any atom is -0.480 e. The van der Waals surface area contributed by atoms with Crippen LogP contribution < -0.4 is 0 Å². The highest BCUT2D eigenvalue weighted by molar-refractivity contribution is 9.09.